The first kappa shape index (κ1) is 37.6. The number of fused-ring (bicyclic) bond motifs is 4. The fourth-order valence-electron chi connectivity index (χ4n) is 8.50. The lowest BCUT2D eigenvalue weighted by atomic mass is 9.76. The van der Waals surface area contributed by atoms with Gasteiger partial charge in [-0.2, -0.15) is 5.10 Å². The van der Waals surface area contributed by atoms with Crippen molar-refractivity contribution in [2.24, 2.45) is 0 Å². The van der Waals surface area contributed by atoms with Gasteiger partial charge >= 0.3 is 0 Å². The van der Waals surface area contributed by atoms with E-state index in [4.69, 9.17) is 5.10 Å². The fourth-order valence-corrected chi connectivity index (χ4v) is 8.50. The Hall–Kier alpha value is -5.29. The van der Waals surface area contributed by atoms with Crippen molar-refractivity contribution in [2.45, 2.75) is 105 Å². The number of benzene rings is 5. The van der Waals surface area contributed by atoms with Crippen LogP contribution in [0.3, 0.4) is 0 Å². The predicted octanol–water partition coefficient (Wildman–Crippen LogP) is 13.4. The van der Waals surface area contributed by atoms with Crippen molar-refractivity contribution < 1.29 is 0 Å². The second-order valence-corrected chi connectivity index (χ2v) is 20.1. The zero-order chi connectivity index (χ0) is 40.1. The average molecular weight is 742 g/mol. The Morgan fingerprint density at radius 3 is 1.75 bits per heavy atom. The Kier molecular flexibility index (Phi) is 8.65. The quantitative estimate of drug-likeness (QED) is 0.180. The van der Waals surface area contributed by atoms with Crippen LogP contribution in [-0.4, -0.2) is 28.1 Å². The lowest BCUT2D eigenvalue weighted by Crippen LogP contribution is -2.24. The summed E-state index contributed by atoms with van der Waals surface area (Å²) in [5.74, 6) is 0. The minimum Gasteiger partial charge on any atom is -0.355 e. The van der Waals surface area contributed by atoms with Gasteiger partial charge in [0.1, 0.15) is 0 Å². The van der Waals surface area contributed by atoms with E-state index in [1.165, 1.54) is 66.8 Å². The molecule has 1 aliphatic heterocycles. The first-order valence-corrected chi connectivity index (χ1v) is 20.2. The zero-order valence-electron chi connectivity index (χ0n) is 35.8. The van der Waals surface area contributed by atoms with E-state index in [2.05, 4.69) is 218 Å². The lowest BCUT2D eigenvalue weighted by Gasteiger charge is -2.28. The maximum absolute atomic E-state index is 5.63. The Bertz CT molecular complexity index is 2590. The van der Waals surface area contributed by atoms with Crippen molar-refractivity contribution >= 4 is 38.9 Å². The van der Waals surface area contributed by atoms with Crippen LogP contribution < -0.4 is 9.80 Å². The highest BCUT2D eigenvalue weighted by Gasteiger charge is 2.35. The molecule has 1 aliphatic rings. The van der Waals surface area contributed by atoms with E-state index >= 15 is 0 Å². The molecule has 3 heterocycles. The fraction of sp³-hybridized carbons (Fsp3) is 0.353. The number of para-hydroxylation sites is 3. The highest BCUT2D eigenvalue weighted by Crippen LogP contribution is 2.45. The molecule has 0 unspecified atom stereocenters. The molecule has 8 rings (SSSR count). The molecule has 0 atom stereocenters. The first-order chi connectivity index (χ1) is 26.2. The van der Waals surface area contributed by atoms with Gasteiger partial charge in [-0.25, -0.2) is 4.68 Å². The van der Waals surface area contributed by atoms with Crippen LogP contribution in [-0.2, 0) is 21.7 Å². The van der Waals surface area contributed by atoms with Crippen LogP contribution in [0.4, 0.5) is 17.1 Å². The topological polar surface area (TPSA) is 29.2 Å². The Labute approximate surface area is 334 Å². The van der Waals surface area contributed by atoms with Crippen LogP contribution in [0.15, 0.2) is 109 Å². The number of hydrogen-bond acceptors (Lipinski definition) is 3. The normalized spacial score (nSPS) is 14.0. The van der Waals surface area contributed by atoms with Gasteiger partial charge in [-0.05, 0) is 76.1 Å². The van der Waals surface area contributed by atoms with Gasteiger partial charge in [0.2, 0.25) is 0 Å². The van der Waals surface area contributed by atoms with Crippen molar-refractivity contribution in [1.29, 1.82) is 0 Å². The molecule has 0 amide bonds. The number of aromatic nitrogens is 3. The monoisotopic (exact) mass is 741 g/mol. The third kappa shape index (κ3) is 6.39. The second kappa shape index (κ2) is 12.9. The van der Waals surface area contributed by atoms with E-state index in [0.717, 1.165) is 23.7 Å². The van der Waals surface area contributed by atoms with Crippen LogP contribution in [0, 0.1) is 0 Å². The summed E-state index contributed by atoms with van der Waals surface area (Å²) in [7, 11) is 2.17. The van der Waals surface area contributed by atoms with Gasteiger partial charge in [-0.3, -0.25) is 0 Å². The van der Waals surface area contributed by atoms with Crippen LogP contribution in [0.1, 0.15) is 106 Å². The minimum atomic E-state index is -0.208. The smallest absolute Gasteiger partial charge is 0.0950 e. The van der Waals surface area contributed by atoms with Crippen molar-refractivity contribution in [3.05, 3.63) is 132 Å². The van der Waals surface area contributed by atoms with E-state index in [9.17, 15) is 0 Å². The molecule has 0 saturated heterocycles. The van der Waals surface area contributed by atoms with Gasteiger partial charge in [0.15, 0.2) is 0 Å². The van der Waals surface area contributed by atoms with Gasteiger partial charge in [0, 0.05) is 45.6 Å². The van der Waals surface area contributed by atoms with Gasteiger partial charge < -0.3 is 14.4 Å². The number of rotatable bonds is 4. The molecule has 0 radical (unpaired) electrons. The molecule has 0 spiro atoms. The largest absolute Gasteiger partial charge is 0.355 e. The summed E-state index contributed by atoms with van der Waals surface area (Å²) in [6.45, 7) is 28.7. The SMILES string of the molecule is CN1CN(c2cccc(-n3c4ccccc4c4ccc(-n5nc(C(C)(C)C)c(-c6cc(C(C)(C)C)cc(C(C)(C)C)c6)c5C(C)(C)C)cc43)c2)c2ccccc21. The van der Waals surface area contributed by atoms with Gasteiger partial charge in [-0.1, -0.05) is 144 Å². The van der Waals surface area contributed by atoms with E-state index in [1.807, 2.05) is 0 Å². The molecule has 0 saturated carbocycles. The second-order valence-electron chi connectivity index (χ2n) is 20.1. The molecule has 0 N–H and O–H groups in total. The maximum Gasteiger partial charge on any atom is 0.0950 e. The molecule has 0 bridgehead atoms. The van der Waals surface area contributed by atoms with Crippen molar-refractivity contribution in [3.8, 4) is 22.5 Å². The van der Waals surface area contributed by atoms with E-state index in [-0.39, 0.29) is 21.7 Å². The lowest BCUT2D eigenvalue weighted by molar-refractivity contribution is 0.537. The summed E-state index contributed by atoms with van der Waals surface area (Å²) in [4.78, 5) is 4.72. The molecule has 2 aromatic heterocycles. The van der Waals surface area contributed by atoms with Crippen LogP contribution in [0.2, 0.25) is 0 Å². The summed E-state index contributed by atoms with van der Waals surface area (Å²) >= 11 is 0. The van der Waals surface area contributed by atoms with E-state index in [0.29, 0.717) is 0 Å². The summed E-state index contributed by atoms with van der Waals surface area (Å²) in [5.41, 5.74) is 15.4. The number of anilines is 3. The van der Waals surface area contributed by atoms with Crippen molar-refractivity contribution in [3.63, 3.8) is 0 Å². The average Bonchev–Trinajstić information content (AvgIpc) is 3.81. The standard InChI is InChI=1S/C51H59N5/c1-48(2,3)34-27-33(28-35(29-34)49(4,5)6)45-46(50(7,8)9)52-56(47(45)51(10,11)12)38-25-26-40-39-21-14-15-22-41(39)55(44(40)31-38)37-20-18-19-36(30-37)54-32-53(13)42-23-16-17-24-43(42)54/h14-31H,32H2,1-13H3. The van der Waals surface area contributed by atoms with E-state index in [1.54, 1.807) is 0 Å². The molecular weight excluding hydrogens is 683 g/mol. The zero-order valence-corrected chi connectivity index (χ0v) is 35.8. The molecule has 7 aromatic rings. The Morgan fingerprint density at radius 1 is 0.500 bits per heavy atom. The number of nitrogens with zero attached hydrogens (tertiary/aromatic N) is 5. The molecule has 0 fully saturated rings. The third-order valence-electron chi connectivity index (χ3n) is 11.5. The molecule has 5 nitrogen and oxygen atoms in total. The Morgan fingerprint density at radius 2 is 1.11 bits per heavy atom. The molecule has 56 heavy (non-hydrogen) atoms. The third-order valence-corrected chi connectivity index (χ3v) is 11.5. The molecular formula is C51H59N5. The van der Waals surface area contributed by atoms with Gasteiger partial charge in [-0.15, -0.1) is 0 Å². The summed E-state index contributed by atoms with van der Waals surface area (Å²) in [6.07, 6.45) is 0. The number of hydrogen-bond donors (Lipinski definition) is 0. The molecule has 5 heteroatoms. The van der Waals surface area contributed by atoms with Crippen molar-refractivity contribution in [1.82, 2.24) is 14.3 Å². The minimum absolute atomic E-state index is 0.000364. The first-order valence-electron chi connectivity index (χ1n) is 20.2. The molecule has 5 aromatic carbocycles. The van der Waals surface area contributed by atoms with Gasteiger partial charge in [0.25, 0.3) is 0 Å². The maximum atomic E-state index is 5.63. The summed E-state index contributed by atoms with van der Waals surface area (Å²) in [6, 6.07) is 40.7. The van der Waals surface area contributed by atoms with Gasteiger partial charge in [0.05, 0.1) is 46.2 Å². The van der Waals surface area contributed by atoms with Crippen LogP contribution >= 0.6 is 0 Å². The van der Waals surface area contributed by atoms with Crippen LogP contribution in [0.25, 0.3) is 44.3 Å². The highest BCUT2D eigenvalue weighted by molar-refractivity contribution is 6.09. The van der Waals surface area contributed by atoms with Crippen LogP contribution in [0.5, 0.6) is 0 Å². The summed E-state index contributed by atoms with van der Waals surface area (Å²) in [5, 5.41) is 8.11. The van der Waals surface area contributed by atoms with E-state index < -0.39 is 0 Å². The predicted molar refractivity (Wildman–Crippen MR) is 240 cm³/mol. The Balaban J connectivity index is 1.38. The highest BCUT2D eigenvalue weighted by atomic mass is 15.4. The molecule has 0 aliphatic carbocycles. The molecule has 288 valence electrons. The van der Waals surface area contributed by atoms with Crippen molar-refractivity contribution in [2.75, 3.05) is 23.5 Å². The summed E-state index contributed by atoms with van der Waals surface area (Å²) < 4.78 is 4.71.